The molecule has 2 heteroatoms. The van der Waals surface area contributed by atoms with Crippen molar-refractivity contribution in [2.75, 3.05) is 13.2 Å². The predicted octanol–water partition coefficient (Wildman–Crippen LogP) is 3.67. The minimum absolute atomic E-state index is 0.0249. The third-order valence-electron chi connectivity index (χ3n) is 2.73. The van der Waals surface area contributed by atoms with Crippen LogP contribution in [0.4, 0.5) is 0 Å². The van der Waals surface area contributed by atoms with Crippen LogP contribution in [0.1, 0.15) is 52.4 Å². The monoisotopic (exact) mass is 212 g/mol. The second-order valence-corrected chi connectivity index (χ2v) is 4.11. The van der Waals surface area contributed by atoms with Gasteiger partial charge in [-0.25, -0.2) is 0 Å². The maximum absolute atomic E-state index is 5.49. The van der Waals surface area contributed by atoms with Crippen molar-refractivity contribution in [3.05, 3.63) is 11.6 Å². The van der Waals surface area contributed by atoms with Crippen molar-refractivity contribution in [2.45, 2.75) is 58.7 Å². The van der Waals surface area contributed by atoms with Crippen molar-refractivity contribution in [3.63, 3.8) is 0 Å². The molecule has 1 rings (SSSR count). The van der Waals surface area contributed by atoms with Crippen LogP contribution in [0.15, 0.2) is 11.6 Å². The summed E-state index contributed by atoms with van der Waals surface area (Å²) in [5.41, 5.74) is 1.42. The molecule has 1 aliphatic rings. The number of allylic oxidation sites excluding steroid dienone is 1. The lowest BCUT2D eigenvalue weighted by Crippen LogP contribution is -2.09. The van der Waals surface area contributed by atoms with Gasteiger partial charge in [-0.2, -0.15) is 0 Å². The lowest BCUT2D eigenvalue weighted by molar-refractivity contribution is -0.106. The molecule has 2 nitrogen and oxygen atoms in total. The van der Waals surface area contributed by atoms with Gasteiger partial charge < -0.3 is 9.47 Å². The molecule has 1 saturated heterocycles. The van der Waals surface area contributed by atoms with Gasteiger partial charge in [-0.3, -0.25) is 0 Å². The molecular formula is C13H24O2. The second kappa shape index (κ2) is 7.89. The second-order valence-electron chi connectivity index (χ2n) is 4.11. The average molecular weight is 212 g/mol. The maximum atomic E-state index is 5.49. The molecule has 1 fully saturated rings. The van der Waals surface area contributed by atoms with Gasteiger partial charge in [0.05, 0.1) is 6.61 Å². The minimum Gasteiger partial charge on any atom is -0.353 e. The van der Waals surface area contributed by atoms with Crippen LogP contribution in [0.5, 0.6) is 0 Å². The zero-order valence-corrected chi connectivity index (χ0v) is 10.1. The molecule has 0 saturated carbocycles. The summed E-state index contributed by atoms with van der Waals surface area (Å²) in [6.07, 6.45) is 9.89. The first-order valence-corrected chi connectivity index (χ1v) is 6.28. The Morgan fingerprint density at radius 3 is 2.93 bits per heavy atom. The number of hydrogen-bond acceptors (Lipinski definition) is 2. The first-order valence-electron chi connectivity index (χ1n) is 6.28. The zero-order valence-electron chi connectivity index (χ0n) is 10.1. The Morgan fingerprint density at radius 2 is 2.20 bits per heavy atom. The highest BCUT2D eigenvalue weighted by atomic mass is 16.7. The van der Waals surface area contributed by atoms with Gasteiger partial charge >= 0.3 is 0 Å². The summed E-state index contributed by atoms with van der Waals surface area (Å²) in [5, 5.41) is 0. The molecule has 1 unspecified atom stereocenters. The molecule has 0 aromatic heterocycles. The van der Waals surface area contributed by atoms with Gasteiger partial charge in [0, 0.05) is 13.0 Å². The van der Waals surface area contributed by atoms with Gasteiger partial charge in [-0.1, -0.05) is 32.3 Å². The van der Waals surface area contributed by atoms with Crippen molar-refractivity contribution < 1.29 is 9.47 Å². The summed E-state index contributed by atoms with van der Waals surface area (Å²) >= 11 is 0. The molecule has 0 aromatic carbocycles. The van der Waals surface area contributed by atoms with Crippen molar-refractivity contribution in [1.82, 2.24) is 0 Å². The smallest absolute Gasteiger partial charge is 0.161 e. The van der Waals surface area contributed by atoms with E-state index in [0.29, 0.717) is 0 Å². The van der Waals surface area contributed by atoms with Crippen molar-refractivity contribution in [2.24, 2.45) is 0 Å². The minimum atomic E-state index is 0.0249. The van der Waals surface area contributed by atoms with E-state index >= 15 is 0 Å². The summed E-state index contributed by atoms with van der Waals surface area (Å²) in [6.45, 7) is 5.78. The fourth-order valence-electron chi connectivity index (χ4n) is 1.84. The normalized spacial score (nSPS) is 23.9. The van der Waals surface area contributed by atoms with Crippen LogP contribution in [0, 0.1) is 0 Å². The van der Waals surface area contributed by atoms with Crippen molar-refractivity contribution in [1.29, 1.82) is 0 Å². The largest absolute Gasteiger partial charge is 0.353 e. The summed E-state index contributed by atoms with van der Waals surface area (Å²) in [5.74, 6) is 0. The molecule has 0 bridgehead atoms. The van der Waals surface area contributed by atoms with E-state index in [1.807, 2.05) is 6.92 Å². The molecule has 0 radical (unpaired) electrons. The van der Waals surface area contributed by atoms with Crippen LogP contribution in [0.3, 0.4) is 0 Å². The highest BCUT2D eigenvalue weighted by molar-refractivity contribution is 5.06. The van der Waals surface area contributed by atoms with Gasteiger partial charge in [0.15, 0.2) is 6.29 Å². The molecule has 0 N–H and O–H groups in total. The van der Waals surface area contributed by atoms with Gasteiger partial charge in [-0.15, -0.1) is 0 Å². The Morgan fingerprint density at radius 1 is 1.33 bits per heavy atom. The standard InChI is InChI=1S/C13H24O2/c1-3-5-6-7-8-9-12-10-13(14-4-2)15-11-12/h9,13H,3-8,10-11H2,1-2H3/b12-9+. The average Bonchev–Trinajstić information content (AvgIpc) is 2.66. The van der Waals surface area contributed by atoms with Crippen LogP contribution in [-0.4, -0.2) is 19.5 Å². The van der Waals surface area contributed by atoms with Crippen LogP contribution in [-0.2, 0) is 9.47 Å². The molecule has 0 aliphatic carbocycles. The highest BCUT2D eigenvalue weighted by Gasteiger charge is 2.19. The van der Waals surface area contributed by atoms with E-state index in [4.69, 9.17) is 9.47 Å². The molecule has 1 heterocycles. The number of hydrogen-bond donors (Lipinski definition) is 0. The van der Waals surface area contributed by atoms with Crippen molar-refractivity contribution in [3.8, 4) is 0 Å². The lowest BCUT2D eigenvalue weighted by Gasteiger charge is -2.06. The maximum Gasteiger partial charge on any atom is 0.161 e. The molecule has 1 atom stereocenters. The third-order valence-corrected chi connectivity index (χ3v) is 2.73. The number of rotatable bonds is 7. The van der Waals surface area contributed by atoms with Gasteiger partial charge in [0.1, 0.15) is 0 Å². The van der Waals surface area contributed by atoms with E-state index < -0.39 is 0 Å². The SMILES string of the molecule is CCCCCC/C=C1/COC(OCC)C1. The molecule has 15 heavy (non-hydrogen) atoms. The summed E-state index contributed by atoms with van der Waals surface area (Å²) in [7, 11) is 0. The fraction of sp³-hybridized carbons (Fsp3) is 0.846. The molecule has 0 aromatic rings. The Bertz CT molecular complexity index is 187. The van der Waals surface area contributed by atoms with E-state index in [-0.39, 0.29) is 6.29 Å². The molecule has 1 aliphatic heterocycles. The van der Waals surface area contributed by atoms with Crippen LogP contribution >= 0.6 is 0 Å². The topological polar surface area (TPSA) is 18.5 Å². The lowest BCUT2D eigenvalue weighted by atomic mass is 10.1. The summed E-state index contributed by atoms with van der Waals surface area (Å²) < 4.78 is 10.9. The third kappa shape index (κ3) is 5.33. The number of ether oxygens (including phenoxy) is 2. The summed E-state index contributed by atoms with van der Waals surface area (Å²) in [6, 6.07) is 0. The Kier molecular flexibility index (Phi) is 6.69. The molecular weight excluding hydrogens is 188 g/mol. The van der Waals surface area contributed by atoms with E-state index in [2.05, 4.69) is 13.0 Å². The van der Waals surface area contributed by atoms with E-state index in [1.165, 1.54) is 37.7 Å². The quantitative estimate of drug-likeness (QED) is 0.473. The summed E-state index contributed by atoms with van der Waals surface area (Å²) in [4.78, 5) is 0. The van der Waals surface area contributed by atoms with Gasteiger partial charge in [0.25, 0.3) is 0 Å². The zero-order chi connectivity index (χ0) is 10.9. The predicted molar refractivity (Wildman–Crippen MR) is 62.8 cm³/mol. The van der Waals surface area contributed by atoms with Crippen LogP contribution in [0.25, 0.3) is 0 Å². The Balaban J connectivity index is 2.08. The molecule has 88 valence electrons. The van der Waals surface area contributed by atoms with Gasteiger partial charge in [-0.05, 0) is 25.3 Å². The van der Waals surface area contributed by atoms with Crippen LogP contribution < -0.4 is 0 Å². The Hall–Kier alpha value is -0.340. The highest BCUT2D eigenvalue weighted by Crippen LogP contribution is 2.20. The first kappa shape index (κ1) is 12.7. The fourth-order valence-corrected chi connectivity index (χ4v) is 1.84. The number of unbranched alkanes of at least 4 members (excludes halogenated alkanes) is 4. The van der Waals surface area contributed by atoms with E-state index in [0.717, 1.165) is 19.6 Å². The van der Waals surface area contributed by atoms with Crippen LogP contribution in [0.2, 0.25) is 0 Å². The first-order chi connectivity index (χ1) is 7.36. The molecule has 0 spiro atoms. The van der Waals surface area contributed by atoms with Gasteiger partial charge in [0.2, 0.25) is 0 Å². The van der Waals surface area contributed by atoms with E-state index in [1.54, 1.807) is 0 Å². The van der Waals surface area contributed by atoms with E-state index in [9.17, 15) is 0 Å². The molecule has 0 amide bonds. The Labute approximate surface area is 93.7 Å². The van der Waals surface area contributed by atoms with Crippen molar-refractivity contribution >= 4 is 0 Å².